The lowest BCUT2D eigenvalue weighted by Crippen LogP contribution is -2.00. The molecule has 0 saturated heterocycles. The summed E-state index contributed by atoms with van der Waals surface area (Å²) in [4.78, 5) is 16.8. The lowest BCUT2D eigenvalue weighted by molar-refractivity contribution is 1.01. The molecule has 0 spiro atoms. The summed E-state index contributed by atoms with van der Waals surface area (Å²) < 4.78 is 3.81. The minimum atomic E-state index is 0.658. The van der Waals surface area contributed by atoms with Crippen LogP contribution in [0.5, 0.6) is 0 Å². The van der Waals surface area contributed by atoms with Gasteiger partial charge >= 0.3 is 0 Å². The second-order valence-electron chi connectivity index (χ2n) is 14.3. The predicted molar refractivity (Wildman–Crippen MR) is 238 cm³/mol. The second-order valence-corrected chi connectivity index (χ2v) is 16.4. The van der Waals surface area contributed by atoms with Crippen molar-refractivity contribution in [2.24, 2.45) is 0 Å². The number of rotatable bonds is 6. The average Bonchev–Trinajstić information content (AvgIpc) is 3.85. The maximum Gasteiger partial charge on any atom is 0.164 e. The first-order valence-corrected chi connectivity index (χ1v) is 20.6. The van der Waals surface area contributed by atoms with Crippen molar-refractivity contribution in [3.05, 3.63) is 180 Å². The van der Waals surface area contributed by atoms with Gasteiger partial charge in [-0.15, -0.1) is 22.7 Å². The van der Waals surface area contributed by atoms with Crippen LogP contribution in [0.15, 0.2) is 170 Å². The van der Waals surface area contributed by atoms with Gasteiger partial charge in [0.2, 0.25) is 0 Å². The van der Waals surface area contributed by atoms with Crippen molar-refractivity contribution in [1.29, 1.82) is 0 Å². The fraction of sp³-hybridized carbons (Fsp3) is 0.0392. The van der Waals surface area contributed by atoms with Gasteiger partial charge < -0.3 is 0 Å². The molecule has 3 nitrogen and oxygen atoms in total. The molecule has 3 aromatic heterocycles. The molecule has 1 aliphatic rings. The largest absolute Gasteiger partial charge is 0.208 e. The summed E-state index contributed by atoms with van der Waals surface area (Å²) in [7, 11) is 0. The maximum absolute atomic E-state index is 5.22. The van der Waals surface area contributed by atoms with Crippen LogP contribution >= 0.6 is 22.7 Å². The Morgan fingerprint density at radius 1 is 0.393 bits per heavy atom. The number of hydrogen-bond donors (Lipinski definition) is 0. The Morgan fingerprint density at radius 3 is 1.59 bits per heavy atom. The Balaban J connectivity index is 1.00. The molecule has 0 unspecified atom stereocenters. The first-order chi connectivity index (χ1) is 27.7. The lowest BCUT2D eigenvalue weighted by Gasteiger charge is -2.11. The van der Waals surface area contributed by atoms with Crippen molar-refractivity contribution in [2.75, 3.05) is 0 Å². The zero-order valence-corrected chi connectivity index (χ0v) is 31.9. The van der Waals surface area contributed by atoms with Gasteiger partial charge in [-0.1, -0.05) is 140 Å². The van der Waals surface area contributed by atoms with E-state index in [0.29, 0.717) is 17.5 Å². The zero-order chi connectivity index (χ0) is 37.0. The lowest BCUT2D eigenvalue weighted by atomic mass is 9.97. The van der Waals surface area contributed by atoms with E-state index in [9.17, 15) is 0 Å². The van der Waals surface area contributed by atoms with E-state index in [2.05, 4.69) is 158 Å². The van der Waals surface area contributed by atoms with E-state index in [0.717, 1.165) is 29.5 Å². The highest BCUT2D eigenvalue weighted by molar-refractivity contribution is 7.26. The van der Waals surface area contributed by atoms with Gasteiger partial charge in [-0.05, 0) is 93.6 Å². The van der Waals surface area contributed by atoms with Crippen molar-refractivity contribution in [3.63, 3.8) is 0 Å². The summed E-state index contributed by atoms with van der Waals surface area (Å²) in [6.07, 6.45) is 6.80. The number of benzene rings is 7. The van der Waals surface area contributed by atoms with Gasteiger partial charge in [-0.25, -0.2) is 15.0 Å². The Hall–Kier alpha value is -6.53. The van der Waals surface area contributed by atoms with E-state index < -0.39 is 0 Å². The number of thiophene rings is 2. The number of allylic oxidation sites excluding steroid dienone is 1. The van der Waals surface area contributed by atoms with Gasteiger partial charge in [0.15, 0.2) is 17.5 Å². The SMILES string of the molecule is C1=Cc2sc3ccc(-c4ccc(-c5nc(-c6ccccc6)nc(-c6cccc7sc8ccc(-c9ccc(-c%10ccccc%10)cc9)cc8c67)n5)cc4)cc3c2CC1. The molecule has 11 rings (SSSR count). The first kappa shape index (κ1) is 32.9. The van der Waals surface area contributed by atoms with Crippen molar-refractivity contribution in [1.82, 2.24) is 15.0 Å². The van der Waals surface area contributed by atoms with Crippen LogP contribution in [0.4, 0.5) is 0 Å². The fourth-order valence-electron chi connectivity index (χ4n) is 7.99. The third kappa shape index (κ3) is 5.84. The highest BCUT2D eigenvalue weighted by atomic mass is 32.1. The molecule has 0 aliphatic heterocycles. The minimum Gasteiger partial charge on any atom is -0.208 e. The van der Waals surface area contributed by atoms with Crippen LogP contribution in [-0.4, -0.2) is 15.0 Å². The van der Waals surface area contributed by atoms with Crippen LogP contribution in [0.2, 0.25) is 0 Å². The number of fused-ring (bicyclic) bond motifs is 6. The summed E-state index contributed by atoms with van der Waals surface area (Å²) in [5, 5.41) is 3.76. The summed E-state index contributed by atoms with van der Waals surface area (Å²) in [6, 6.07) is 58.5. The monoisotopic (exact) mass is 751 g/mol. The number of hydrogen-bond acceptors (Lipinski definition) is 5. The maximum atomic E-state index is 5.22. The van der Waals surface area contributed by atoms with Crippen LogP contribution in [0.1, 0.15) is 16.9 Å². The number of nitrogens with zero attached hydrogens (tertiary/aromatic N) is 3. The van der Waals surface area contributed by atoms with Gasteiger partial charge in [0.1, 0.15) is 0 Å². The van der Waals surface area contributed by atoms with Gasteiger partial charge in [0.05, 0.1) is 0 Å². The quantitative estimate of drug-likeness (QED) is 0.170. The molecule has 10 aromatic rings. The van der Waals surface area contributed by atoms with Gasteiger partial charge in [-0.3, -0.25) is 0 Å². The third-order valence-corrected chi connectivity index (χ3v) is 13.2. The van der Waals surface area contributed by atoms with E-state index >= 15 is 0 Å². The van der Waals surface area contributed by atoms with Gasteiger partial charge in [0, 0.05) is 46.4 Å². The van der Waals surface area contributed by atoms with E-state index in [1.54, 1.807) is 0 Å². The molecule has 1 aliphatic carbocycles. The molecular formula is C51H33N3S2. The van der Waals surface area contributed by atoms with Crippen LogP contribution in [0.3, 0.4) is 0 Å². The molecule has 7 aromatic carbocycles. The van der Waals surface area contributed by atoms with Crippen LogP contribution in [0, 0.1) is 0 Å². The number of aryl methyl sites for hydroxylation is 1. The van der Waals surface area contributed by atoms with Crippen LogP contribution in [-0.2, 0) is 6.42 Å². The molecule has 0 saturated carbocycles. The second kappa shape index (κ2) is 13.6. The summed E-state index contributed by atoms with van der Waals surface area (Å²) in [5.74, 6) is 1.99. The van der Waals surface area contributed by atoms with Gasteiger partial charge in [-0.2, -0.15) is 0 Å². The molecule has 0 N–H and O–H groups in total. The van der Waals surface area contributed by atoms with E-state index in [-0.39, 0.29) is 0 Å². The predicted octanol–water partition coefficient (Wildman–Crippen LogP) is 14.4. The summed E-state index contributed by atoms with van der Waals surface area (Å²) >= 11 is 3.70. The summed E-state index contributed by atoms with van der Waals surface area (Å²) in [6.45, 7) is 0. The fourth-order valence-corrected chi connectivity index (χ4v) is 10.3. The van der Waals surface area contributed by atoms with E-state index in [1.807, 2.05) is 40.9 Å². The Bertz CT molecular complexity index is 3100. The smallest absolute Gasteiger partial charge is 0.164 e. The van der Waals surface area contributed by atoms with Crippen molar-refractivity contribution in [2.45, 2.75) is 12.8 Å². The third-order valence-electron chi connectivity index (χ3n) is 10.9. The Kier molecular flexibility index (Phi) is 8.01. The topological polar surface area (TPSA) is 38.7 Å². The van der Waals surface area contributed by atoms with E-state index in [4.69, 9.17) is 15.0 Å². The minimum absolute atomic E-state index is 0.658. The van der Waals surface area contributed by atoms with Crippen molar-refractivity contribution in [3.8, 4) is 67.5 Å². The van der Waals surface area contributed by atoms with Crippen molar-refractivity contribution >= 4 is 59.0 Å². The van der Waals surface area contributed by atoms with E-state index in [1.165, 1.54) is 74.1 Å². The standard InChI is InChI=1S/C51H33N3S2/c1-3-10-32(11-4-1)33-18-20-34(21-19-33)39-27-29-46-43(31-39)48-41(15-9-17-47(48)56-46)51-53-49(36-12-5-2-6-13-36)52-50(54-51)37-24-22-35(23-25-37)38-26-28-45-42(30-38)40-14-7-8-16-44(40)55-45/h1-6,8-13,15-31H,7,14H2. The molecule has 0 atom stereocenters. The average molecular weight is 752 g/mol. The van der Waals surface area contributed by atoms with Crippen molar-refractivity contribution < 1.29 is 0 Å². The normalized spacial score (nSPS) is 12.4. The molecule has 56 heavy (non-hydrogen) atoms. The molecule has 0 fully saturated rings. The number of aromatic nitrogens is 3. The summed E-state index contributed by atoms with van der Waals surface area (Å²) in [5.41, 5.74) is 11.6. The molecule has 3 heterocycles. The molecule has 0 bridgehead atoms. The molecule has 264 valence electrons. The van der Waals surface area contributed by atoms with Crippen LogP contribution < -0.4 is 0 Å². The first-order valence-electron chi connectivity index (χ1n) is 19.0. The molecule has 0 amide bonds. The highest BCUT2D eigenvalue weighted by Gasteiger charge is 2.18. The molecule has 5 heteroatoms. The Morgan fingerprint density at radius 2 is 0.911 bits per heavy atom. The molecule has 0 radical (unpaired) electrons. The zero-order valence-electron chi connectivity index (χ0n) is 30.3. The van der Waals surface area contributed by atoms with Crippen LogP contribution in [0.25, 0.3) is 104 Å². The highest BCUT2D eigenvalue weighted by Crippen LogP contribution is 2.42. The Labute approximate surface area is 333 Å². The van der Waals surface area contributed by atoms with Gasteiger partial charge in [0.25, 0.3) is 0 Å². The molecular weight excluding hydrogens is 719 g/mol.